The molecule has 0 aromatic carbocycles. The minimum atomic E-state index is 0.173. The van der Waals surface area contributed by atoms with Crippen LogP contribution in [-0.4, -0.2) is 67.7 Å². The van der Waals surface area contributed by atoms with Crippen molar-refractivity contribution in [2.45, 2.75) is 39.8 Å². The Morgan fingerprint density at radius 1 is 1.32 bits per heavy atom. The number of rotatable bonds is 11. The Hall–Kier alpha value is -2.64. The summed E-state index contributed by atoms with van der Waals surface area (Å²) in [6.07, 6.45) is 9.40. The Morgan fingerprint density at radius 2 is 2.06 bits per heavy atom. The fraction of sp³-hybridized carbons (Fsp3) is 0.500. The van der Waals surface area contributed by atoms with Crippen molar-refractivity contribution in [1.82, 2.24) is 20.7 Å². The smallest absolute Gasteiger partial charge is 0.0872 e. The van der Waals surface area contributed by atoms with Gasteiger partial charge in [-0.25, -0.2) is 10.4 Å². The van der Waals surface area contributed by atoms with Gasteiger partial charge in [0.2, 0.25) is 0 Å². The predicted molar refractivity (Wildman–Crippen MR) is 131 cm³/mol. The number of hydrogen-bond donors (Lipinski definition) is 2. The van der Waals surface area contributed by atoms with Crippen LogP contribution < -0.4 is 10.7 Å². The van der Waals surface area contributed by atoms with Crippen LogP contribution in [0, 0.1) is 5.92 Å². The van der Waals surface area contributed by atoms with Crippen LogP contribution >= 0.6 is 0 Å². The lowest BCUT2D eigenvalue weighted by Gasteiger charge is -2.37. The molecule has 1 unspecified atom stereocenters. The third-order valence-corrected chi connectivity index (χ3v) is 5.11. The van der Waals surface area contributed by atoms with E-state index >= 15 is 0 Å². The summed E-state index contributed by atoms with van der Waals surface area (Å²) >= 11 is 0. The first-order valence-electron chi connectivity index (χ1n) is 10.8. The number of ether oxygens (including phenoxy) is 1. The monoisotopic (exact) mass is 426 g/mol. The maximum absolute atomic E-state index is 5.12. The third-order valence-electron chi connectivity index (χ3n) is 5.11. The van der Waals surface area contributed by atoms with Crippen LogP contribution in [0.3, 0.4) is 0 Å². The van der Waals surface area contributed by atoms with Crippen molar-refractivity contribution in [1.29, 1.82) is 0 Å². The van der Waals surface area contributed by atoms with Gasteiger partial charge in [-0.05, 0) is 18.1 Å². The summed E-state index contributed by atoms with van der Waals surface area (Å²) in [6.45, 7) is 19.5. The Bertz CT molecular complexity index is 803. The van der Waals surface area contributed by atoms with Crippen LogP contribution in [0.4, 0.5) is 0 Å². The SMILES string of the molecule is C=C(/C=C/OC)N(C(=C)/C=C1\CN=CC(C2=CN(C)NC2)=N1)C(CNC(C)C)C(C)C. The molecule has 0 saturated heterocycles. The summed E-state index contributed by atoms with van der Waals surface area (Å²) < 4.78 is 5.12. The first-order valence-corrected chi connectivity index (χ1v) is 10.8. The van der Waals surface area contributed by atoms with Gasteiger partial charge < -0.3 is 20.0 Å². The largest absolute Gasteiger partial charge is 0.504 e. The number of nitrogens with zero attached hydrogens (tertiary/aromatic N) is 4. The molecule has 2 N–H and O–H groups in total. The van der Waals surface area contributed by atoms with Crippen molar-refractivity contribution in [2.24, 2.45) is 15.9 Å². The number of methoxy groups -OCH3 is 1. The van der Waals surface area contributed by atoms with Crippen LogP contribution in [0.15, 0.2) is 70.4 Å². The van der Waals surface area contributed by atoms with Crippen molar-refractivity contribution in [3.8, 4) is 0 Å². The molecular formula is C24H38N6O. The third kappa shape index (κ3) is 7.22. The van der Waals surface area contributed by atoms with E-state index in [0.29, 0.717) is 18.5 Å². The zero-order valence-corrected chi connectivity index (χ0v) is 19.9. The van der Waals surface area contributed by atoms with Gasteiger partial charge in [-0.2, -0.15) is 0 Å². The molecule has 2 rings (SSSR count). The summed E-state index contributed by atoms with van der Waals surface area (Å²) in [4.78, 5) is 11.5. The molecule has 0 aromatic heterocycles. The van der Waals surface area contributed by atoms with Crippen molar-refractivity contribution in [3.63, 3.8) is 0 Å². The second-order valence-corrected chi connectivity index (χ2v) is 8.47. The van der Waals surface area contributed by atoms with Gasteiger partial charge >= 0.3 is 0 Å². The zero-order valence-electron chi connectivity index (χ0n) is 19.9. The normalized spacial score (nSPS) is 18.7. The van der Waals surface area contributed by atoms with Crippen LogP contribution in [0.2, 0.25) is 0 Å². The van der Waals surface area contributed by atoms with E-state index in [1.165, 1.54) is 0 Å². The van der Waals surface area contributed by atoms with E-state index < -0.39 is 0 Å². The van der Waals surface area contributed by atoms with E-state index in [-0.39, 0.29) is 6.04 Å². The van der Waals surface area contributed by atoms with E-state index in [1.54, 1.807) is 13.4 Å². The standard InChI is InChI=1S/C24H38N6O/c1-17(2)24(15-26-18(3)4)30(19(5)9-10-31-8)20(6)11-22-13-25-14-23(28-22)21-12-27-29(7)16-21/h9-11,14,16-18,24,26-27H,5-6,12-13,15H2,1-4,7-8H3/b10-9+,22-11+. The molecule has 0 amide bonds. The molecule has 2 heterocycles. The van der Waals surface area contributed by atoms with Crippen LogP contribution in [0.5, 0.6) is 0 Å². The Kier molecular flexibility index (Phi) is 9.27. The number of nitrogens with one attached hydrogen (secondary N) is 2. The lowest BCUT2D eigenvalue weighted by Crippen LogP contribution is -2.45. The van der Waals surface area contributed by atoms with Crippen molar-refractivity contribution < 1.29 is 4.74 Å². The van der Waals surface area contributed by atoms with E-state index in [2.05, 4.69) is 61.5 Å². The average molecular weight is 427 g/mol. The number of allylic oxidation sites excluding steroid dienone is 2. The van der Waals surface area contributed by atoms with Crippen molar-refractivity contribution >= 4 is 11.9 Å². The molecule has 31 heavy (non-hydrogen) atoms. The van der Waals surface area contributed by atoms with E-state index in [9.17, 15) is 0 Å². The molecule has 0 aromatic rings. The Morgan fingerprint density at radius 3 is 2.65 bits per heavy atom. The van der Waals surface area contributed by atoms with Gasteiger partial charge in [0.25, 0.3) is 0 Å². The summed E-state index contributed by atoms with van der Waals surface area (Å²) in [6, 6.07) is 0.565. The second kappa shape index (κ2) is 11.7. The lowest BCUT2D eigenvalue weighted by atomic mass is 10.00. The number of aliphatic imine (C=N–C) groups is 2. The zero-order chi connectivity index (χ0) is 23.0. The van der Waals surface area contributed by atoms with Gasteiger partial charge in [0, 0.05) is 61.6 Å². The van der Waals surface area contributed by atoms with Gasteiger partial charge in [0.1, 0.15) is 0 Å². The molecule has 170 valence electrons. The molecule has 2 aliphatic heterocycles. The molecule has 7 heteroatoms. The molecule has 0 bridgehead atoms. The average Bonchev–Trinajstić information content (AvgIpc) is 3.15. The van der Waals surface area contributed by atoms with Gasteiger partial charge in [-0.3, -0.25) is 4.99 Å². The van der Waals surface area contributed by atoms with Gasteiger partial charge in [0.15, 0.2) is 0 Å². The minimum absolute atomic E-state index is 0.173. The van der Waals surface area contributed by atoms with E-state index in [0.717, 1.165) is 41.5 Å². The molecule has 0 radical (unpaired) electrons. The summed E-state index contributed by atoms with van der Waals surface area (Å²) in [5, 5.41) is 5.49. The highest BCUT2D eigenvalue weighted by Crippen LogP contribution is 2.24. The topological polar surface area (TPSA) is 64.5 Å². The molecule has 0 aliphatic carbocycles. The Labute approximate surface area is 187 Å². The molecule has 0 fully saturated rings. The van der Waals surface area contributed by atoms with E-state index in [4.69, 9.17) is 9.73 Å². The summed E-state index contributed by atoms with van der Waals surface area (Å²) in [5.41, 5.74) is 7.78. The quantitative estimate of drug-likeness (QED) is 0.392. The molecule has 7 nitrogen and oxygen atoms in total. The highest BCUT2D eigenvalue weighted by molar-refractivity contribution is 6.39. The van der Waals surface area contributed by atoms with Gasteiger partial charge in [0.05, 0.1) is 31.3 Å². The molecular weight excluding hydrogens is 388 g/mol. The highest BCUT2D eigenvalue weighted by Gasteiger charge is 2.25. The molecule has 1 atom stereocenters. The highest BCUT2D eigenvalue weighted by atomic mass is 16.5. The summed E-state index contributed by atoms with van der Waals surface area (Å²) in [5.74, 6) is 0.378. The summed E-state index contributed by atoms with van der Waals surface area (Å²) in [7, 11) is 3.60. The Balaban J connectivity index is 2.32. The first kappa shape index (κ1) is 24.6. The maximum atomic E-state index is 5.12. The fourth-order valence-corrected chi connectivity index (χ4v) is 3.45. The lowest BCUT2D eigenvalue weighted by molar-refractivity contribution is 0.245. The van der Waals surface area contributed by atoms with Crippen molar-refractivity contribution in [2.75, 3.05) is 33.8 Å². The first-order chi connectivity index (χ1) is 14.7. The molecule has 2 aliphatic rings. The fourth-order valence-electron chi connectivity index (χ4n) is 3.45. The number of hydrazine groups is 1. The predicted octanol–water partition coefficient (Wildman–Crippen LogP) is 3.24. The second-order valence-electron chi connectivity index (χ2n) is 8.47. The van der Waals surface area contributed by atoms with Crippen LogP contribution in [0.25, 0.3) is 0 Å². The van der Waals surface area contributed by atoms with Crippen molar-refractivity contribution in [3.05, 3.63) is 60.4 Å². The molecule has 0 spiro atoms. The van der Waals surface area contributed by atoms with Crippen LogP contribution in [-0.2, 0) is 4.74 Å². The maximum Gasteiger partial charge on any atom is 0.0872 e. The molecule has 0 saturated carbocycles. The van der Waals surface area contributed by atoms with Crippen LogP contribution in [0.1, 0.15) is 27.7 Å². The van der Waals surface area contributed by atoms with E-state index in [1.807, 2.05) is 36.6 Å². The van der Waals surface area contributed by atoms with Gasteiger partial charge in [-0.15, -0.1) is 0 Å². The minimum Gasteiger partial charge on any atom is -0.504 e. The van der Waals surface area contributed by atoms with Gasteiger partial charge in [-0.1, -0.05) is 40.9 Å². The number of hydrogen-bond acceptors (Lipinski definition) is 7.